The second kappa shape index (κ2) is 5.18. The molecular formula is C13H15N3OS. The van der Waals surface area contributed by atoms with Gasteiger partial charge in [-0.05, 0) is 26.0 Å². The number of aromatic nitrogens is 1. The van der Waals surface area contributed by atoms with E-state index in [0.717, 1.165) is 11.4 Å². The lowest BCUT2D eigenvalue weighted by atomic mass is 10.2. The van der Waals surface area contributed by atoms with Crippen LogP contribution >= 0.6 is 11.3 Å². The maximum atomic E-state index is 11.5. The van der Waals surface area contributed by atoms with E-state index in [1.54, 1.807) is 0 Å². The summed E-state index contributed by atoms with van der Waals surface area (Å²) in [5.41, 5.74) is 8.34. The Labute approximate surface area is 110 Å². The third-order valence-corrected chi connectivity index (χ3v) is 3.56. The van der Waals surface area contributed by atoms with Crippen molar-refractivity contribution in [3.63, 3.8) is 0 Å². The zero-order valence-corrected chi connectivity index (χ0v) is 11.1. The Kier molecular flexibility index (Phi) is 3.62. The van der Waals surface area contributed by atoms with Gasteiger partial charge in [-0.3, -0.25) is 4.79 Å². The van der Waals surface area contributed by atoms with Gasteiger partial charge in [-0.25, -0.2) is 4.98 Å². The number of anilines is 1. The number of primary amides is 1. The normalized spacial score (nSPS) is 12.1. The summed E-state index contributed by atoms with van der Waals surface area (Å²) in [5, 5.41) is 5.71. The Hall–Kier alpha value is -1.88. The largest absolute Gasteiger partial charge is 0.368 e. The molecule has 5 heteroatoms. The second-order valence-electron chi connectivity index (χ2n) is 4.17. The molecule has 0 spiro atoms. The first kappa shape index (κ1) is 12.6. The van der Waals surface area contributed by atoms with E-state index in [9.17, 15) is 4.79 Å². The number of hydrogen-bond donors (Lipinski definition) is 2. The molecule has 1 aromatic heterocycles. The third-order valence-electron chi connectivity index (χ3n) is 2.53. The molecule has 2 aromatic rings. The summed E-state index contributed by atoms with van der Waals surface area (Å²) in [4.78, 5) is 15.8. The molecule has 3 N–H and O–H groups in total. The molecule has 1 aromatic carbocycles. The zero-order chi connectivity index (χ0) is 13.1. The van der Waals surface area contributed by atoms with E-state index in [2.05, 4.69) is 10.3 Å². The van der Waals surface area contributed by atoms with Gasteiger partial charge >= 0.3 is 0 Å². The highest BCUT2D eigenvalue weighted by molar-refractivity contribution is 7.09. The lowest BCUT2D eigenvalue weighted by Gasteiger charge is -2.14. The minimum absolute atomic E-state index is 0.426. The number of carbonyl (C=O) groups is 1. The molecule has 0 aliphatic carbocycles. The molecular weight excluding hydrogens is 246 g/mol. The first-order valence-electron chi connectivity index (χ1n) is 5.61. The minimum Gasteiger partial charge on any atom is -0.368 e. The van der Waals surface area contributed by atoms with E-state index < -0.39 is 11.9 Å². The van der Waals surface area contributed by atoms with Crippen LogP contribution in [-0.2, 0) is 4.79 Å². The van der Waals surface area contributed by atoms with Crippen molar-refractivity contribution in [3.05, 3.63) is 45.9 Å². The molecule has 0 fully saturated rings. The number of amides is 1. The van der Waals surface area contributed by atoms with Crippen molar-refractivity contribution in [1.82, 2.24) is 4.98 Å². The maximum absolute atomic E-state index is 11.5. The van der Waals surface area contributed by atoms with Crippen molar-refractivity contribution in [3.8, 4) is 0 Å². The SMILES string of the molecule is Cc1ccc(NC(C(N)=O)c2nc(C)cs2)cc1. The van der Waals surface area contributed by atoms with Gasteiger partial charge in [0, 0.05) is 16.8 Å². The van der Waals surface area contributed by atoms with Crippen LogP contribution in [0.5, 0.6) is 0 Å². The van der Waals surface area contributed by atoms with Crippen molar-refractivity contribution in [1.29, 1.82) is 0 Å². The predicted molar refractivity (Wildman–Crippen MR) is 73.6 cm³/mol. The van der Waals surface area contributed by atoms with Crippen LogP contribution in [0.2, 0.25) is 0 Å². The van der Waals surface area contributed by atoms with E-state index in [-0.39, 0.29) is 0 Å². The van der Waals surface area contributed by atoms with Gasteiger partial charge < -0.3 is 11.1 Å². The summed E-state index contributed by atoms with van der Waals surface area (Å²) >= 11 is 1.43. The third kappa shape index (κ3) is 2.87. The molecule has 0 aliphatic rings. The molecule has 0 radical (unpaired) electrons. The quantitative estimate of drug-likeness (QED) is 0.888. The fourth-order valence-electron chi connectivity index (χ4n) is 1.58. The number of aryl methyl sites for hydroxylation is 2. The molecule has 1 atom stereocenters. The molecule has 18 heavy (non-hydrogen) atoms. The lowest BCUT2D eigenvalue weighted by molar-refractivity contribution is -0.118. The van der Waals surface area contributed by atoms with Crippen molar-refractivity contribution >= 4 is 22.9 Å². The summed E-state index contributed by atoms with van der Waals surface area (Å²) in [6, 6.07) is 7.23. The number of nitrogens with zero attached hydrogens (tertiary/aromatic N) is 1. The van der Waals surface area contributed by atoms with Gasteiger partial charge in [0.1, 0.15) is 5.01 Å². The van der Waals surface area contributed by atoms with E-state index in [4.69, 9.17) is 5.73 Å². The number of nitrogens with one attached hydrogen (secondary N) is 1. The average Bonchev–Trinajstić information content (AvgIpc) is 2.74. The molecule has 4 nitrogen and oxygen atoms in total. The van der Waals surface area contributed by atoms with Crippen molar-refractivity contribution < 1.29 is 4.79 Å². The van der Waals surface area contributed by atoms with Crippen molar-refractivity contribution in [2.45, 2.75) is 19.9 Å². The smallest absolute Gasteiger partial charge is 0.247 e. The van der Waals surface area contributed by atoms with Gasteiger partial charge in [-0.1, -0.05) is 17.7 Å². The predicted octanol–water partition coefficient (Wildman–Crippen LogP) is 2.40. The highest BCUT2D eigenvalue weighted by atomic mass is 32.1. The Morgan fingerprint density at radius 2 is 2.00 bits per heavy atom. The van der Waals surface area contributed by atoms with Crippen molar-refractivity contribution in [2.24, 2.45) is 5.73 Å². The summed E-state index contributed by atoms with van der Waals surface area (Å²) in [6.07, 6.45) is 0. The number of hydrogen-bond acceptors (Lipinski definition) is 4. The van der Waals surface area contributed by atoms with Crippen LogP contribution < -0.4 is 11.1 Å². The monoisotopic (exact) mass is 261 g/mol. The van der Waals surface area contributed by atoms with Gasteiger partial charge in [-0.2, -0.15) is 0 Å². The number of carbonyl (C=O) groups excluding carboxylic acids is 1. The van der Waals surface area contributed by atoms with Gasteiger partial charge in [0.2, 0.25) is 5.91 Å². The van der Waals surface area contributed by atoms with Crippen LogP contribution in [0.25, 0.3) is 0 Å². The Morgan fingerprint density at radius 1 is 1.33 bits per heavy atom. The van der Waals surface area contributed by atoms with Crippen molar-refractivity contribution in [2.75, 3.05) is 5.32 Å². The molecule has 0 saturated carbocycles. The van der Waals surface area contributed by atoms with Crippen LogP contribution in [0.4, 0.5) is 5.69 Å². The van der Waals surface area contributed by atoms with Crippen LogP contribution in [0, 0.1) is 13.8 Å². The first-order chi connectivity index (χ1) is 8.56. The lowest BCUT2D eigenvalue weighted by Crippen LogP contribution is -2.27. The standard InChI is InChI=1S/C13H15N3OS/c1-8-3-5-10(6-4-8)16-11(12(14)17)13-15-9(2)7-18-13/h3-7,11,16H,1-2H3,(H2,14,17). The topological polar surface area (TPSA) is 68.0 Å². The van der Waals surface area contributed by atoms with Gasteiger partial charge in [0.15, 0.2) is 6.04 Å². The average molecular weight is 261 g/mol. The fourth-order valence-corrected chi connectivity index (χ4v) is 2.43. The maximum Gasteiger partial charge on any atom is 0.247 e. The van der Waals surface area contributed by atoms with E-state index in [0.29, 0.717) is 5.01 Å². The molecule has 1 amide bonds. The Morgan fingerprint density at radius 3 is 2.50 bits per heavy atom. The Balaban J connectivity index is 2.22. The molecule has 0 bridgehead atoms. The summed E-state index contributed by atoms with van der Waals surface area (Å²) in [5.74, 6) is -0.426. The van der Waals surface area contributed by atoms with Crippen LogP contribution in [-0.4, -0.2) is 10.9 Å². The number of rotatable bonds is 4. The molecule has 0 saturated heterocycles. The minimum atomic E-state index is -0.577. The van der Waals surface area contributed by atoms with Gasteiger partial charge in [0.25, 0.3) is 0 Å². The Bertz CT molecular complexity index is 548. The molecule has 94 valence electrons. The number of benzene rings is 1. The van der Waals surface area contributed by atoms with Gasteiger partial charge in [-0.15, -0.1) is 11.3 Å². The van der Waals surface area contributed by atoms with Crippen LogP contribution in [0.3, 0.4) is 0 Å². The molecule has 2 rings (SSSR count). The van der Waals surface area contributed by atoms with Crippen LogP contribution in [0.15, 0.2) is 29.6 Å². The van der Waals surface area contributed by atoms with E-state index in [1.807, 2.05) is 43.5 Å². The first-order valence-corrected chi connectivity index (χ1v) is 6.49. The summed E-state index contributed by atoms with van der Waals surface area (Å²) in [6.45, 7) is 3.91. The molecule has 0 aliphatic heterocycles. The number of thiazole rings is 1. The van der Waals surface area contributed by atoms with E-state index in [1.165, 1.54) is 16.9 Å². The second-order valence-corrected chi connectivity index (χ2v) is 5.06. The highest BCUT2D eigenvalue weighted by Gasteiger charge is 2.20. The zero-order valence-electron chi connectivity index (χ0n) is 10.3. The summed E-state index contributed by atoms with van der Waals surface area (Å²) in [7, 11) is 0. The molecule has 1 unspecified atom stereocenters. The molecule has 1 heterocycles. The van der Waals surface area contributed by atoms with Crippen LogP contribution in [0.1, 0.15) is 22.3 Å². The number of nitrogens with two attached hydrogens (primary N) is 1. The van der Waals surface area contributed by atoms with E-state index >= 15 is 0 Å². The van der Waals surface area contributed by atoms with Gasteiger partial charge in [0.05, 0.1) is 0 Å². The fraction of sp³-hybridized carbons (Fsp3) is 0.231. The summed E-state index contributed by atoms with van der Waals surface area (Å²) < 4.78 is 0. The highest BCUT2D eigenvalue weighted by Crippen LogP contribution is 2.22.